The van der Waals surface area contributed by atoms with Gasteiger partial charge in [0.1, 0.15) is 11.8 Å². The van der Waals surface area contributed by atoms with Crippen LogP contribution in [-0.2, 0) is 11.2 Å². The number of nitriles is 1. The number of carbonyl (C=O) groups excluding carboxylic acids is 2. The Balaban J connectivity index is 1.98. The van der Waals surface area contributed by atoms with Crippen molar-refractivity contribution in [3.8, 4) is 28.6 Å². The number of nitrogens with one attached hydrogen (secondary N) is 1. The molecule has 0 bridgehead atoms. The lowest BCUT2D eigenvalue weighted by Crippen LogP contribution is -2.21. The van der Waals surface area contributed by atoms with Gasteiger partial charge in [-0.2, -0.15) is 10.4 Å². The molecule has 0 aliphatic carbocycles. The number of amides is 3. The van der Waals surface area contributed by atoms with Crippen LogP contribution < -0.4 is 21.5 Å². The lowest BCUT2D eigenvalue weighted by molar-refractivity contribution is -0.117. The van der Waals surface area contributed by atoms with Crippen molar-refractivity contribution in [1.29, 1.82) is 5.26 Å². The number of ether oxygens (including phenoxy) is 1. The van der Waals surface area contributed by atoms with Crippen LogP contribution in [0.1, 0.15) is 5.69 Å². The number of halogens is 1. The first kappa shape index (κ1) is 20.7. The molecule has 0 spiro atoms. The van der Waals surface area contributed by atoms with Crippen LogP contribution in [0.4, 0.5) is 10.5 Å². The minimum absolute atomic E-state index is 0.0850. The highest BCUT2D eigenvalue weighted by Crippen LogP contribution is 2.36. The molecule has 0 aliphatic rings. The van der Waals surface area contributed by atoms with E-state index in [2.05, 4.69) is 10.4 Å². The van der Waals surface area contributed by atoms with Gasteiger partial charge in [0.2, 0.25) is 5.91 Å². The lowest BCUT2D eigenvalue weighted by Gasteiger charge is -2.12. The Morgan fingerprint density at radius 3 is 2.63 bits per heavy atom. The first-order valence-corrected chi connectivity index (χ1v) is 9.09. The molecule has 0 fully saturated rings. The van der Waals surface area contributed by atoms with Gasteiger partial charge in [0.25, 0.3) is 0 Å². The maximum absolute atomic E-state index is 11.3. The Morgan fingerprint density at radius 2 is 1.97 bits per heavy atom. The smallest absolute Gasteiger partial charge is 0.316 e. The summed E-state index contributed by atoms with van der Waals surface area (Å²) in [7, 11) is 0. The van der Waals surface area contributed by atoms with Crippen LogP contribution in [0, 0.1) is 11.3 Å². The Morgan fingerprint density at radius 1 is 1.20 bits per heavy atom. The van der Waals surface area contributed by atoms with Gasteiger partial charge in [-0.15, -0.1) is 0 Å². The molecular formula is C20H17ClN6O3. The SMILES string of the molecule is N#CCOc1ccccc1-c1ccc(-n2cc(NC(N)=O)c(CC(N)=O)n2)cc1Cl. The van der Waals surface area contributed by atoms with Crippen LogP contribution in [0.5, 0.6) is 5.75 Å². The van der Waals surface area contributed by atoms with E-state index in [4.69, 9.17) is 33.1 Å². The van der Waals surface area contributed by atoms with E-state index in [0.717, 1.165) is 5.56 Å². The fourth-order valence-corrected chi connectivity index (χ4v) is 3.14. The fourth-order valence-electron chi connectivity index (χ4n) is 2.86. The molecule has 3 aromatic rings. The maximum atomic E-state index is 11.3. The Bertz CT molecular complexity index is 1120. The molecule has 9 nitrogen and oxygen atoms in total. The zero-order valence-electron chi connectivity index (χ0n) is 15.6. The van der Waals surface area contributed by atoms with Gasteiger partial charge in [0, 0.05) is 11.1 Å². The standard InChI is InChI=1S/C20H17ClN6O3/c21-15-9-12(27-11-17(25-20(24)29)16(26-27)10-19(23)28)5-6-13(15)14-3-1-2-4-18(14)30-8-7-22/h1-6,9,11H,8,10H2,(H2,23,28)(H3,24,25,29). The molecule has 2 aromatic carbocycles. The summed E-state index contributed by atoms with van der Waals surface area (Å²) in [5, 5.41) is 15.9. The Labute approximate surface area is 176 Å². The second-order valence-electron chi connectivity index (χ2n) is 6.17. The number of anilines is 1. The molecule has 30 heavy (non-hydrogen) atoms. The first-order chi connectivity index (χ1) is 14.4. The summed E-state index contributed by atoms with van der Waals surface area (Å²) in [5.41, 5.74) is 13.0. The Kier molecular flexibility index (Phi) is 6.20. The third-order valence-corrected chi connectivity index (χ3v) is 4.39. The summed E-state index contributed by atoms with van der Waals surface area (Å²) in [5.74, 6) is -0.0698. The average molecular weight is 425 g/mol. The molecule has 152 valence electrons. The largest absolute Gasteiger partial charge is 0.478 e. The number of nitrogens with zero attached hydrogens (tertiary/aromatic N) is 3. The number of hydrogen-bond acceptors (Lipinski definition) is 5. The van der Waals surface area contributed by atoms with E-state index < -0.39 is 11.9 Å². The second kappa shape index (κ2) is 8.98. The quantitative estimate of drug-likeness (QED) is 0.532. The number of benzene rings is 2. The van der Waals surface area contributed by atoms with Crippen molar-refractivity contribution in [2.75, 3.05) is 11.9 Å². The molecule has 5 N–H and O–H groups in total. The van der Waals surface area contributed by atoms with Crippen LogP contribution in [0.25, 0.3) is 16.8 Å². The topological polar surface area (TPSA) is 149 Å². The number of aromatic nitrogens is 2. The van der Waals surface area contributed by atoms with E-state index in [1.165, 1.54) is 10.9 Å². The van der Waals surface area contributed by atoms with Crippen LogP contribution in [0.2, 0.25) is 5.02 Å². The summed E-state index contributed by atoms with van der Waals surface area (Å²) in [6, 6.07) is 13.6. The monoisotopic (exact) mass is 424 g/mol. The summed E-state index contributed by atoms with van der Waals surface area (Å²) in [6.45, 7) is -0.0850. The number of para-hydroxylation sites is 1. The normalized spacial score (nSPS) is 10.3. The highest BCUT2D eigenvalue weighted by molar-refractivity contribution is 6.33. The fraction of sp³-hybridized carbons (Fsp3) is 0.100. The molecule has 0 unspecified atom stereocenters. The number of nitrogens with two attached hydrogens (primary N) is 2. The number of rotatable bonds is 7. The average Bonchev–Trinajstić information content (AvgIpc) is 3.07. The van der Waals surface area contributed by atoms with Gasteiger partial charge >= 0.3 is 6.03 Å². The Hall–Kier alpha value is -4.03. The van der Waals surface area contributed by atoms with Crippen LogP contribution in [0.3, 0.4) is 0 Å². The van der Waals surface area contributed by atoms with Gasteiger partial charge in [-0.3, -0.25) is 4.79 Å². The van der Waals surface area contributed by atoms with E-state index in [-0.39, 0.29) is 24.4 Å². The highest BCUT2D eigenvalue weighted by Gasteiger charge is 2.16. The van der Waals surface area contributed by atoms with Gasteiger partial charge < -0.3 is 21.5 Å². The zero-order chi connectivity index (χ0) is 21.7. The van der Waals surface area contributed by atoms with Crippen molar-refractivity contribution in [3.63, 3.8) is 0 Å². The van der Waals surface area contributed by atoms with Crippen LogP contribution in [0.15, 0.2) is 48.7 Å². The molecule has 10 heteroatoms. The van der Waals surface area contributed by atoms with Gasteiger partial charge in [-0.25, -0.2) is 9.48 Å². The predicted molar refractivity (Wildman–Crippen MR) is 111 cm³/mol. The molecular weight excluding hydrogens is 408 g/mol. The molecule has 3 rings (SSSR count). The zero-order valence-corrected chi connectivity index (χ0v) is 16.4. The first-order valence-electron chi connectivity index (χ1n) is 8.71. The second-order valence-corrected chi connectivity index (χ2v) is 6.58. The van der Waals surface area contributed by atoms with Gasteiger partial charge in [-0.1, -0.05) is 35.9 Å². The maximum Gasteiger partial charge on any atom is 0.316 e. The number of carbonyl (C=O) groups is 2. The van der Waals surface area contributed by atoms with Crippen LogP contribution in [-0.4, -0.2) is 28.3 Å². The van der Waals surface area contributed by atoms with Crippen molar-refractivity contribution in [2.45, 2.75) is 6.42 Å². The van der Waals surface area contributed by atoms with Gasteiger partial charge in [0.15, 0.2) is 6.61 Å². The number of urea groups is 1. The molecule has 0 aliphatic heterocycles. The van der Waals surface area contributed by atoms with E-state index >= 15 is 0 Å². The van der Waals surface area contributed by atoms with Crippen molar-refractivity contribution in [3.05, 3.63) is 59.4 Å². The molecule has 0 saturated heterocycles. The molecule has 1 aromatic heterocycles. The van der Waals surface area contributed by atoms with Gasteiger partial charge in [-0.05, 0) is 18.2 Å². The summed E-state index contributed by atoms with van der Waals surface area (Å²) in [6.07, 6.45) is 1.34. The summed E-state index contributed by atoms with van der Waals surface area (Å²) < 4.78 is 6.93. The minimum Gasteiger partial charge on any atom is -0.478 e. The van der Waals surface area contributed by atoms with E-state index in [1.54, 1.807) is 30.3 Å². The summed E-state index contributed by atoms with van der Waals surface area (Å²) in [4.78, 5) is 22.5. The molecule has 0 radical (unpaired) electrons. The molecule has 3 amide bonds. The van der Waals surface area contributed by atoms with E-state index in [0.29, 0.717) is 22.0 Å². The minimum atomic E-state index is -0.789. The lowest BCUT2D eigenvalue weighted by atomic mass is 10.0. The van der Waals surface area contributed by atoms with E-state index in [1.807, 2.05) is 18.2 Å². The number of hydrogen-bond donors (Lipinski definition) is 3. The van der Waals surface area contributed by atoms with Crippen molar-refractivity contribution < 1.29 is 14.3 Å². The van der Waals surface area contributed by atoms with Gasteiger partial charge in [0.05, 0.1) is 34.7 Å². The van der Waals surface area contributed by atoms with Crippen molar-refractivity contribution in [2.24, 2.45) is 11.5 Å². The van der Waals surface area contributed by atoms with Crippen LogP contribution >= 0.6 is 11.6 Å². The van der Waals surface area contributed by atoms with Crippen molar-refractivity contribution in [1.82, 2.24) is 9.78 Å². The third-order valence-electron chi connectivity index (χ3n) is 4.08. The summed E-state index contributed by atoms with van der Waals surface area (Å²) >= 11 is 6.51. The van der Waals surface area contributed by atoms with Crippen molar-refractivity contribution >= 4 is 29.2 Å². The predicted octanol–water partition coefficient (Wildman–Crippen LogP) is 2.61. The molecule has 1 heterocycles. The third kappa shape index (κ3) is 4.68. The highest BCUT2D eigenvalue weighted by atomic mass is 35.5. The number of primary amides is 2. The molecule has 0 atom stereocenters. The molecule has 0 saturated carbocycles. The van der Waals surface area contributed by atoms with E-state index in [9.17, 15) is 9.59 Å².